The van der Waals surface area contributed by atoms with Crippen LogP contribution in [0.5, 0.6) is 0 Å². The first-order valence-corrected chi connectivity index (χ1v) is 9.65. The van der Waals surface area contributed by atoms with Gasteiger partial charge in [0.25, 0.3) is 0 Å². The number of hydrogen-bond donors (Lipinski definition) is 0. The van der Waals surface area contributed by atoms with Gasteiger partial charge in [0.1, 0.15) is 5.82 Å². The SMILES string of the molecule is CCCc1ccc(CCc2ccc(-c3ccc(CC)cc3)c(F)c2)cc1. The van der Waals surface area contributed by atoms with Gasteiger partial charge in [-0.1, -0.05) is 80.9 Å². The van der Waals surface area contributed by atoms with Crippen molar-refractivity contribution in [3.8, 4) is 11.1 Å². The summed E-state index contributed by atoms with van der Waals surface area (Å²) >= 11 is 0. The lowest BCUT2D eigenvalue weighted by molar-refractivity contribution is 0.628. The number of rotatable bonds is 7. The van der Waals surface area contributed by atoms with Gasteiger partial charge in [-0.2, -0.15) is 0 Å². The molecule has 0 atom stereocenters. The van der Waals surface area contributed by atoms with Gasteiger partial charge in [0.15, 0.2) is 0 Å². The minimum atomic E-state index is -0.134. The van der Waals surface area contributed by atoms with E-state index < -0.39 is 0 Å². The fraction of sp³-hybridized carbons (Fsp3) is 0.280. The second kappa shape index (κ2) is 8.80. The molecule has 0 saturated heterocycles. The third kappa shape index (κ3) is 4.60. The van der Waals surface area contributed by atoms with Crippen molar-refractivity contribution < 1.29 is 4.39 Å². The Morgan fingerprint density at radius 3 is 1.73 bits per heavy atom. The average Bonchev–Trinajstić information content (AvgIpc) is 2.68. The number of hydrogen-bond acceptors (Lipinski definition) is 0. The van der Waals surface area contributed by atoms with Crippen LogP contribution >= 0.6 is 0 Å². The van der Waals surface area contributed by atoms with Crippen molar-refractivity contribution >= 4 is 0 Å². The Labute approximate surface area is 156 Å². The van der Waals surface area contributed by atoms with Gasteiger partial charge in [-0.15, -0.1) is 0 Å². The molecule has 0 aliphatic carbocycles. The first-order valence-electron chi connectivity index (χ1n) is 9.65. The summed E-state index contributed by atoms with van der Waals surface area (Å²) in [4.78, 5) is 0. The number of aryl methyl sites for hydroxylation is 4. The van der Waals surface area contributed by atoms with Crippen molar-refractivity contribution in [2.24, 2.45) is 0 Å². The number of halogens is 1. The van der Waals surface area contributed by atoms with Gasteiger partial charge >= 0.3 is 0 Å². The van der Waals surface area contributed by atoms with E-state index in [0.29, 0.717) is 5.56 Å². The quantitative estimate of drug-likeness (QED) is 0.441. The molecule has 0 unspecified atom stereocenters. The monoisotopic (exact) mass is 346 g/mol. The Hall–Kier alpha value is -2.41. The summed E-state index contributed by atoms with van der Waals surface area (Å²) in [5.74, 6) is -0.134. The normalized spacial score (nSPS) is 10.9. The zero-order chi connectivity index (χ0) is 18.4. The maximum atomic E-state index is 14.6. The van der Waals surface area contributed by atoms with Crippen LogP contribution in [0.15, 0.2) is 66.7 Å². The highest BCUT2D eigenvalue weighted by Gasteiger charge is 2.07. The Bertz CT molecular complexity index is 829. The van der Waals surface area contributed by atoms with Crippen molar-refractivity contribution in [1.29, 1.82) is 0 Å². The highest BCUT2D eigenvalue weighted by atomic mass is 19.1. The standard InChI is InChI=1S/C25H27F/c1-3-5-20-6-8-21(9-7-20)10-11-22-14-17-24(25(26)18-22)23-15-12-19(4-2)13-16-23/h6-9,12-18H,3-5,10-11H2,1-2H3. The van der Waals surface area contributed by atoms with Crippen LogP contribution in [0.25, 0.3) is 11.1 Å². The summed E-state index contributed by atoms with van der Waals surface area (Å²) in [5.41, 5.74) is 6.65. The smallest absolute Gasteiger partial charge is 0.131 e. The predicted octanol–water partition coefficient (Wildman–Crippen LogP) is 6.79. The van der Waals surface area contributed by atoms with Crippen LogP contribution in [0.4, 0.5) is 4.39 Å². The van der Waals surface area contributed by atoms with Crippen LogP contribution in [-0.2, 0) is 25.7 Å². The zero-order valence-electron chi connectivity index (χ0n) is 15.8. The molecule has 3 aromatic rings. The number of benzene rings is 3. The predicted molar refractivity (Wildman–Crippen MR) is 109 cm³/mol. The van der Waals surface area contributed by atoms with Crippen molar-refractivity contribution in [3.63, 3.8) is 0 Å². The van der Waals surface area contributed by atoms with Gasteiger partial charge in [-0.25, -0.2) is 4.39 Å². The van der Waals surface area contributed by atoms with Crippen molar-refractivity contribution in [3.05, 3.63) is 94.8 Å². The molecule has 0 heterocycles. The molecule has 0 fully saturated rings. The molecule has 0 N–H and O–H groups in total. The van der Waals surface area contributed by atoms with Crippen LogP contribution in [0.1, 0.15) is 42.5 Å². The fourth-order valence-electron chi connectivity index (χ4n) is 3.32. The van der Waals surface area contributed by atoms with E-state index in [9.17, 15) is 4.39 Å². The fourth-order valence-corrected chi connectivity index (χ4v) is 3.32. The molecule has 0 aromatic heterocycles. The van der Waals surface area contributed by atoms with E-state index in [0.717, 1.165) is 36.8 Å². The molecule has 0 amide bonds. The minimum absolute atomic E-state index is 0.134. The van der Waals surface area contributed by atoms with Gasteiger partial charge in [-0.05, 0) is 59.6 Å². The molecule has 26 heavy (non-hydrogen) atoms. The molecule has 0 radical (unpaired) electrons. The van der Waals surface area contributed by atoms with E-state index in [-0.39, 0.29) is 5.82 Å². The van der Waals surface area contributed by atoms with Gasteiger partial charge in [-0.3, -0.25) is 0 Å². The molecule has 0 nitrogen and oxygen atoms in total. The van der Waals surface area contributed by atoms with Crippen molar-refractivity contribution in [1.82, 2.24) is 0 Å². The largest absolute Gasteiger partial charge is 0.206 e. The van der Waals surface area contributed by atoms with Gasteiger partial charge in [0.2, 0.25) is 0 Å². The summed E-state index contributed by atoms with van der Waals surface area (Å²) in [6, 6.07) is 22.6. The first kappa shape index (κ1) is 18.4. The summed E-state index contributed by atoms with van der Waals surface area (Å²) in [5, 5.41) is 0. The molecular weight excluding hydrogens is 319 g/mol. The highest BCUT2D eigenvalue weighted by molar-refractivity contribution is 5.64. The van der Waals surface area contributed by atoms with E-state index in [1.165, 1.54) is 23.1 Å². The Morgan fingerprint density at radius 1 is 0.615 bits per heavy atom. The van der Waals surface area contributed by atoms with Crippen molar-refractivity contribution in [2.45, 2.75) is 46.0 Å². The summed E-state index contributed by atoms with van der Waals surface area (Å²) in [7, 11) is 0. The Morgan fingerprint density at radius 2 is 1.15 bits per heavy atom. The first-order chi connectivity index (χ1) is 12.7. The van der Waals surface area contributed by atoms with E-state index in [2.05, 4.69) is 56.3 Å². The van der Waals surface area contributed by atoms with E-state index >= 15 is 0 Å². The molecule has 1 heteroatoms. The highest BCUT2D eigenvalue weighted by Crippen LogP contribution is 2.25. The van der Waals surface area contributed by atoms with Gasteiger partial charge < -0.3 is 0 Å². The van der Waals surface area contributed by atoms with Gasteiger partial charge in [0.05, 0.1) is 0 Å². The molecule has 3 rings (SSSR count). The van der Waals surface area contributed by atoms with Crippen LogP contribution in [0.3, 0.4) is 0 Å². The second-order valence-electron chi connectivity index (χ2n) is 6.93. The lowest BCUT2D eigenvalue weighted by Crippen LogP contribution is -1.94. The lowest BCUT2D eigenvalue weighted by atomic mass is 9.98. The molecule has 0 spiro atoms. The lowest BCUT2D eigenvalue weighted by Gasteiger charge is -2.08. The van der Waals surface area contributed by atoms with Crippen LogP contribution in [-0.4, -0.2) is 0 Å². The summed E-state index contributed by atoms with van der Waals surface area (Å²) in [6.45, 7) is 4.33. The maximum absolute atomic E-state index is 14.6. The minimum Gasteiger partial charge on any atom is -0.206 e. The van der Waals surface area contributed by atoms with Crippen LogP contribution in [0.2, 0.25) is 0 Å². The summed E-state index contributed by atoms with van der Waals surface area (Å²) in [6.07, 6.45) is 5.11. The molecular formula is C25H27F. The Balaban J connectivity index is 1.67. The second-order valence-corrected chi connectivity index (χ2v) is 6.93. The van der Waals surface area contributed by atoms with Crippen LogP contribution < -0.4 is 0 Å². The molecule has 0 bridgehead atoms. The average molecular weight is 346 g/mol. The third-order valence-electron chi connectivity index (χ3n) is 4.97. The van der Waals surface area contributed by atoms with Crippen molar-refractivity contribution in [2.75, 3.05) is 0 Å². The van der Waals surface area contributed by atoms with Gasteiger partial charge in [0, 0.05) is 5.56 Å². The molecule has 0 aliphatic rings. The molecule has 134 valence electrons. The molecule has 0 aliphatic heterocycles. The topological polar surface area (TPSA) is 0 Å². The van der Waals surface area contributed by atoms with E-state index in [4.69, 9.17) is 0 Å². The maximum Gasteiger partial charge on any atom is 0.131 e. The third-order valence-corrected chi connectivity index (χ3v) is 4.97. The zero-order valence-corrected chi connectivity index (χ0v) is 15.8. The summed E-state index contributed by atoms with van der Waals surface area (Å²) < 4.78 is 14.6. The molecule has 0 saturated carbocycles. The van der Waals surface area contributed by atoms with E-state index in [1.54, 1.807) is 6.07 Å². The van der Waals surface area contributed by atoms with E-state index in [1.807, 2.05) is 18.2 Å². The van der Waals surface area contributed by atoms with Crippen LogP contribution in [0, 0.1) is 5.82 Å². The molecule has 3 aromatic carbocycles. The Kier molecular flexibility index (Phi) is 6.22.